The maximum absolute atomic E-state index is 3.67. The monoisotopic (exact) mass is 466 g/mol. The molecule has 0 nitrogen and oxygen atoms in total. The molecule has 26 heavy (non-hydrogen) atoms. The Labute approximate surface area is 171 Å². The van der Waals surface area contributed by atoms with Crippen molar-refractivity contribution >= 4 is 31.9 Å². The molecule has 2 heteroatoms. The fourth-order valence-electron chi connectivity index (χ4n) is 5.00. The van der Waals surface area contributed by atoms with Gasteiger partial charge in [0, 0.05) is 19.8 Å². The lowest BCUT2D eigenvalue weighted by atomic mass is 9.79. The molecule has 3 aromatic rings. The molecule has 130 valence electrons. The van der Waals surface area contributed by atoms with Gasteiger partial charge in [-0.1, -0.05) is 83.8 Å². The summed E-state index contributed by atoms with van der Waals surface area (Å²) >= 11 is 7.34. The first-order valence-corrected chi connectivity index (χ1v) is 10.6. The molecule has 0 N–H and O–H groups in total. The third kappa shape index (κ3) is 1.95. The normalized spacial score (nSPS) is 17.5. The molecule has 0 saturated heterocycles. The van der Waals surface area contributed by atoms with E-state index in [4.69, 9.17) is 0 Å². The molecule has 3 aromatic carbocycles. The van der Waals surface area contributed by atoms with E-state index in [0.717, 1.165) is 8.95 Å². The van der Waals surface area contributed by atoms with Gasteiger partial charge in [-0.05, 0) is 68.8 Å². The molecule has 0 saturated carbocycles. The van der Waals surface area contributed by atoms with Gasteiger partial charge in [0.05, 0.1) is 0 Å². The van der Waals surface area contributed by atoms with Crippen LogP contribution in [0.2, 0.25) is 0 Å². The van der Waals surface area contributed by atoms with E-state index in [1.54, 1.807) is 0 Å². The van der Waals surface area contributed by atoms with Crippen LogP contribution >= 0.6 is 31.9 Å². The molecule has 0 aromatic heterocycles. The van der Waals surface area contributed by atoms with Crippen LogP contribution in [-0.4, -0.2) is 0 Å². The molecular formula is C24H20Br2. The minimum Gasteiger partial charge on any atom is -0.0572 e. The zero-order chi connectivity index (χ0) is 18.4. The lowest BCUT2D eigenvalue weighted by molar-refractivity contribution is 0.650. The van der Waals surface area contributed by atoms with Gasteiger partial charge in [0.15, 0.2) is 0 Å². The predicted molar refractivity (Wildman–Crippen MR) is 117 cm³/mol. The van der Waals surface area contributed by atoms with Crippen molar-refractivity contribution in [2.45, 2.75) is 38.5 Å². The highest BCUT2D eigenvalue weighted by Crippen LogP contribution is 2.59. The summed E-state index contributed by atoms with van der Waals surface area (Å²) in [6.07, 6.45) is 0. The molecular weight excluding hydrogens is 448 g/mol. The van der Waals surface area contributed by atoms with Crippen molar-refractivity contribution in [3.63, 3.8) is 0 Å². The number of halogens is 2. The van der Waals surface area contributed by atoms with Crippen LogP contribution in [0.1, 0.15) is 49.9 Å². The molecule has 0 atom stereocenters. The van der Waals surface area contributed by atoms with Gasteiger partial charge in [-0.3, -0.25) is 0 Å². The zero-order valence-electron chi connectivity index (χ0n) is 15.4. The first kappa shape index (κ1) is 16.8. The van der Waals surface area contributed by atoms with Crippen molar-refractivity contribution in [2.75, 3.05) is 0 Å². The number of fused-ring (bicyclic) bond motifs is 7. The van der Waals surface area contributed by atoms with Crippen LogP contribution in [0.5, 0.6) is 0 Å². The highest BCUT2D eigenvalue weighted by atomic mass is 79.9. The minimum absolute atomic E-state index is 0.0196. The second-order valence-electron chi connectivity index (χ2n) is 8.54. The SMILES string of the molecule is CC1(C)c2cc(Br)ccc2-c2c1ccc1c2-c2ccc(Br)cc2C1(C)C. The molecule has 0 amide bonds. The summed E-state index contributed by atoms with van der Waals surface area (Å²) in [5.41, 5.74) is 11.4. The van der Waals surface area contributed by atoms with Crippen molar-refractivity contribution in [3.8, 4) is 22.3 Å². The molecule has 2 aliphatic rings. The van der Waals surface area contributed by atoms with Gasteiger partial charge < -0.3 is 0 Å². The Morgan fingerprint density at radius 1 is 0.538 bits per heavy atom. The molecule has 0 spiro atoms. The number of benzene rings is 3. The quantitative estimate of drug-likeness (QED) is 0.316. The molecule has 5 rings (SSSR count). The van der Waals surface area contributed by atoms with Crippen molar-refractivity contribution in [2.24, 2.45) is 0 Å². The van der Waals surface area contributed by atoms with Crippen molar-refractivity contribution in [1.82, 2.24) is 0 Å². The van der Waals surface area contributed by atoms with Crippen molar-refractivity contribution in [3.05, 3.63) is 79.7 Å². The summed E-state index contributed by atoms with van der Waals surface area (Å²) < 4.78 is 2.30. The number of hydrogen-bond donors (Lipinski definition) is 0. The summed E-state index contributed by atoms with van der Waals surface area (Å²) in [5, 5.41) is 0. The van der Waals surface area contributed by atoms with Crippen LogP contribution in [0.4, 0.5) is 0 Å². The van der Waals surface area contributed by atoms with Gasteiger partial charge in [-0.25, -0.2) is 0 Å². The fraction of sp³-hybridized carbons (Fsp3) is 0.250. The summed E-state index contributed by atoms with van der Waals surface area (Å²) in [7, 11) is 0. The van der Waals surface area contributed by atoms with Crippen molar-refractivity contribution in [1.29, 1.82) is 0 Å². The average Bonchev–Trinajstić information content (AvgIpc) is 2.95. The maximum atomic E-state index is 3.67. The predicted octanol–water partition coefficient (Wildman–Crippen LogP) is 7.82. The van der Waals surface area contributed by atoms with Crippen LogP contribution < -0.4 is 0 Å². The molecule has 0 aliphatic heterocycles. The molecule has 0 heterocycles. The Balaban J connectivity index is 1.94. The van der Waals surface area contributed by atoms with Crippen LogP contribution in [0, 0.1) is 0 Å². The molecule has 0 fully saturated rings. The lowest BCUT2D eigenvalue weighted by Gasteiger charge is -2.24. The Morgan fingerprint density at radius 2 is 0.923 bits per heavy atom. The Morgan fingerprint density at radius 3 is 1.31 bits per heavy atom. The van der Waals surface area contributed by atoms with Gasteiger partial charge in [-0.2, -0.15) is 0 Å². The highest BCUT2D eigenvalue weighted by molar-refractivity contribution is 9.10. The zero-order valence-corrected chi connectivity index (χ0v) is 18.5. The first-order valence-electron chi connectivity index (χ1n) is 9.01. The van der Waals surface area contributed by atoms with Gasteiger partial charge >= 0.3 is 0 Å². The maximum Gasteiger partial charge on any atom is 0.0178 e. The van der Waals surface area contributed by atoms with E-state index in [0.29, 0.717) is 0 Å². The first-order chi connectivity index (χ1) is 12.2. The van der Waals surface area contributed by atoms with E-state index >= 15 is 0 Å². The van der Waals surface area contributed by atoms with Crippen LogP contribution in [0.3, 0.4) is 0 Å². The van der Waals surface area contributed by atoms with E-state index in [9.17, 15) is 0 Å². The molecule has 2 aliphatic carbocycles. The van der Waals surface area contributed by atoms with Gasteiger partial charge in [0.1, 0.15) is 0 Å². The minimum atomic E-state index is 0.0196. The molecule has 0 radical (unpaired) electrons. The topological polar surface area (TPSA) is 0 Å². The van der Waals surface area contributed by atoms with E-state index in [-0.39, 0.29) is 10.8 Å². The summed E-state index contributed by atoms with van der Waals surface area (Å²) in [4.78, 5) is 0. The second kappa shape index (κ2) is 5.11. The Bertz CT molecular complexity index is 1010. The summed E-state index contributed by atoms with van der Waals surface area (Å²) in [6.45, 7) is 9.39. The van der Waals surface area contributed by atoms with Crippen LogP contribution in [-0.2, 0) is 10.8 Å². The van der Waals surface area contributed by atoms with Gasteiger partial charge in [-0.15, -0.1) is 0 Å². The molecule has 0 bridgehead atoms. The Kier molecular flexibility index (Phi) is 3.30. The standard InChI is InChI=1S/C24H20Br2/c1-23(2)17-9-10-18-22(21(17)15-7-5-13(25)11-19(15)23)16-8-6-14(26)12-20(16)24(18,3)4/h5-12H,1-4H3. The smallest absolute Gasteiger partial charge is 0.0178 e. The van der Waals surface area contributed by atoms with Crippen LogP contribution in [0.15, 0.2) is 57.5 Å². The van der Waals surface area contributed by atoms with Gasteiger partial charge in [0.25, 0.3) is 0 Å². The number of rotatable bonds is 0. The summed E-state index contributed by atoms with van der Waals surface area (Å²) in [6, 6.07) is 18.2. The number of hydrogen-bond acceptors (Lipinski definition) is 0. The summed E-state index contributed by atoms with van der Waals surface area (Å²) in [5.74, 6) is 0. The third-order valence-electron chi connectivity index (χ3n) is 6.40. The second-order valence-corrected chi connectivity index (χ2v) is 10.4. The van der Waals surface area contributed by atoms with Crippen LogP contribution in [0.25, 0.3) is 22.3 Å². The molecule has 0 unspecified atom stereocenters. The van der Waals surface area contributed by atoms with Crippen molar-refractivity contribution < 1.29 is 0 Å². The van der Waals surface area contributed by atoms with E-state index in [1.807, 2.05) is 0 Å². The third-order valence-corrected chi connectivity index (χ3v) is 7.39. The van der Waals surface area contributed by atoms with Gasteiger partial charge in [0.2, 0.25) is 0 Å². The largest absolute Gasteiger partial charge is 0.0572 e. The van der Waals surface area contributed by atoms with E-state index in [2.05, 4.69) is 108 Å². The fourth-order valence-corrected chi connectivity index (χ4v) is 5.72. The average molecular weight is 468 g/mol. The lowest BCUT2D eigenvalue weighted by Crippen LogP contribution is -2.17. The van der Waals surface area contributed by atoms with E-state index in [1.165, 1.54) is 44.5 Å². The van der Waals surface area contributed by atoms with E-state index < -0.39 is 0 Å². The Hall–Kier alpha value is -1.38. The highest BCUT2D eigenvalue weighted by Gasteiger charge is 2.43.